The first kappa shape index (κ1) is 16.7. The summed E-state index contributed by atoms with van der Waals surface area (Å²) < 4.78 is 28.6. The molecule has 0 aliphatic carbocycles. The number of nitrogens with zero attached hydrogens (tertiary/aromatic N) is 2. The van der Waals surface area contributed by atoms with E-state index in [1.165, 1.54) is 6.20 Å². The fraction of sp³-hybridized carbons (Fsp3) is 0.750. The van der Waals surface area contributed by atoms with Crippen molar-refractivity contribution >= 4 is 26.0 Å². The summed E-state index contributed by atoms with van der Waals surface area (Å²) >= 11 is 3.39. The predicted octanol–water partition coefficient (Wildman–Crippen LogP) is 2.21. The van der Waals surface area contributed by atoms with Crippen LogP contribution in [-0.4, -0.2) is 29.8 Å². The van der Waals surface area contributed by atoms with Crippen molar-refractivity contribution in [1.29, 1.82) is 0 Å². The molecule has 0 aliphatic rings. The molecule has 19 heavy (non-hydrogen) atoms. The lowest BCUT2D eigenvalue weighted by Crippen LogP contribution is -2.34. The molecule has 0 amide bonds. The number of halogens is 1. The van der Waals surface area contributed by atoms with Gasteiger partial charge in [0.1, 0.15) is 5.82 Å². The van der Waals surface area contributed by atoms with E-state index < -0.39 is 10.0 Å². The topological polar surface area (TPSA) is 64.0 Å². The van der Waals surface area contributed by atoms with Crippen LogP contribution in [0.3, 0.4) is 0 Å². The molecule has 110 valence electrons. The van der Waals surface area contributed by atoms with Crippen molar-refractivity contribution in [2.24, 2.45) is 12.5 Å². The number of imidazole rings is 1. The van der Waals surface area contributed by atoms with Gasteiger partial charge in [-0.05, 0) is 25.2 Å². The van der Waals surface area contributed by atoms with Gasteiger partial charge in [-0.25, -0.2) is 18.1 Å². The van der Waals surface area contributed by atoms with Crippen LogP contribution in [0.15, 0.2) is 11.2 Å². The highest BCUT2D eigenvalue weighted by Gasteiger charge is 2.23. The number of hydrogen-bond acceptors (Lipinski definition) is 3. The fourth-order valence-corrected chi connectivity index (χ4v) is 3.21. The molecule has 0 atom stereocenters. The van der Waals surface area contributed by atoms with E-state index >= 15 is 0 Å². The Hall–Kier alpha value is -0.400. The Kier molecular flexibility index (Phi) is 5.58. The van der Waals surface area contributed by atoms with Crippen LogP contribution in [0.2, 0.25) is 0 Å². The minimum Gasteiger partial charge on any atom is -0.337 e. The van der Waals surface area contributed by atoms with Crippen molar-refractivity contribution < 1.29 is 8.42 Å². The zero-order valence-electron chi connectivity index (χ0n) is 11.9. The van der Waals surface area contributed by atoms with Gasteiger partial charge in [0.25, 0.3) is 10.0 Å². The zero-order chi connectivity index (χ0) is 14.7. The number of aromatic nitrogens is 2. The summed E-state index contributed by atoms with van der Waals surface area (Å²) in [5, 5.41) is 1.02. The average Bonchev–Trinajstić information content (AvgIpc) is 2.66. The molecule has 0 saturated heterocycles. The molecule has 1 aromatic heterocycles. The second-order valence-corrected chi connectivity index (χ2v) is 8.03. The van der Waals surface area contributed by atoms with Gasteiger partial charge in [0.05, 0.1) is 0 Å². The maximum Gasteiger partial charge on any atom is 0.259 e. The molecule has 1 rings (SSSR count). The number of hydrogen-bond donors (Lipinski definition) is 1. The van der Waals surface area contributed by atoms with Crippen LogP contribution in [0.5, 0.6) is 0 Å². The lowest BCUT2D eigenvalue weighted by atomic mass is 9.88. The first-order chi connectivity index (χ1) is 8.68. The molecule has 0 aromatic carbocycles. The lowest BCUT2D eigenvalue weighted by molar-refractivity contribution is 0.332. The third-order valence-electron chi connectivity index (χ3n) is 3.09. The Balaban J connectivity index is 2.70. The molecule has 1 N–H and O–H groups in total. The van der Waals surface area contributed by atoms with Crippen molar-refractivity contribution in [2.45, 2.75) is 38.6 Å². The summed E-state index contributed by atoms with van der Waals surface area (Å²) in [6, 6.07) is 0. The molecule has 5 nitrogen and oxygen atoms in total. The molecule has 0 radical (unpaired) electrons. The van der Waals surface area contributed by atoms with Gasteiger partial charge in [0.2, 0.25) is 0 Å². The molecule has 0 unspecified atom stereocenters. The van der Waals surface area contributed by atoms with Crippen molar-refractivity contribution in [2.75, 3.05) is 11.9 Å². The normalized spacial score (nSPS) is 12.9. The molecule has 1 heterocycles. The largest absolute Gasteiger partial charge is 0.337 e. The third kappa shape index (κ3) is 4.89. The summed E-state index contributed by atoms with van der Waals surface area (Å²) in [7, 11) is -1.73. The highest BCUT2D eigenvalue weighted by Crippen LogP contribution is 2.22. The first-order valence-electron chi connectivity index (χ1n) is 6.23. The Morgan fingerprint density at radius 1 is 1.47 bits per heavy atom. The fourth-order valence-electron chi connectivity index (χ4n) is 1.65. The molecule has 7 heteroatoms. The van der Waals surface area contributed by atoms with Crippen LogP contribution in [0, 0.1) is 12.3 Å². The molecule has 0 fully saturated rings. The van der Waals surface area contributed by atoms with Crippen LogP contribution in [0.25, 0.3) is 0 Å². The molecule has 0 aliphatic heterocycles. The number of nitrogens with one attached hydrogen (secondary N) is 1. The molecule has 0 spiro atoms. The number of alkyl halides is 1. The minimum absolute atomic E-state index is 0.0648. The minimum atomic E-state index is -3.51. The Labute approximate surface area is 124 Å². The monoisotopic (exact) mass is 351 g/mol. The van der Waals surface area contributed by atoms with Gasteiger partial charge in [-0.1, -0.05) is 29.8 Å². The van der Waals surface area contributed by atoms with Crippen LogP contribution in [0.1, 0.15) is 32.5 Å². The Morgan fingerprint density at radius 3 is 2.58 bits per heavy atom. The van der Waals surface area contributed by atoms with Crippen LogP contribution in [-0.2, 0) is 17.1 Å². The van der Waals surface area contributed by atoms with Crippen molar-refractivity contribution in [3.63, 3.8) is 0 Å². The van der Waals surface area contributed by atoms with E-state index in [4.69, 9.17) is 0 Å². The number of sulfonamides is 1. The van der Waals surface area contributed by atoms with E-state index in [0.29, 0.717) is 12.4 Å². The van der Waals surface area contributed by atoms with Crippen LogP contribution < -0.4 is 4.72 Å². The van der Waals surface area contributed by atoms with Crippen LogP contribution in [0.4, 0.5) is 0 Å². The predicted molar refractivity (Wildman–Crippen MR) is 79.9 cm³/mol. The Morgan fingerprint density at radius 2 is 2.11 bits per heavy atom. The van der Waals surface area contributed by atoms with Gasteiger partial charge < -0.3 is 4.57 Å². The number of aryl methyl sites for hydroxylation is 2. The molecular weight excluding hydrogens is 330 g/mol. The molecule has 1 aromatic rings. The highest BCUT2D eigenvalue weighted by atomic mass is 79.9. The van der Waals surface area contributed by atoms with E-state index in [1.54, 1.807) is 18.5 Å². The summed E-state index contributed by atoms with van der Waals surface area (Å²) in [6.07, 6.45) is 3.52. The highest BCUT2D eigenvalue weighted by molar-refractivity contribution is 9.09. The maximum atomic E-state index is 12.1. The van der Waals surface area contributed by atoms with E-state index in [-0.39, 0.29) is 10.4 Å². The molecular formula is C12H22BrN3O2S. The molecule has 0 bridgehead atoms. The van der Waals surface area contributed by atoms with Gasteiger partial charge >= 0.3 is 0 Å². The van der Waals surface area contributed by atoms with Gasteiger partial charge in [-0.2, -0.15) is 0 Å². The smallest absolute Gasteiger partial charge is 0.259 e. The summed E-state index contributed by atoms with van der Waals surface area (Å²) in [5.74, 6) is 0.680. The van der Waals surface area contributed by atoms with Gasteiger partial charge in [0.15, 0.2) is 5.03 Å². The maximum absolute atomic E-state index is 12.1. The van der Waals surface area contributed by atoms with Crippen molar-refractivity contribution in [3.05, 3.63) is 12.0 Å². The second-order valence-electron chi connectivity index (χ2n) is 5.52. The van der Waals surface area contributed by atoms with E-state index in [0.717, 1.165) is 18.2 Å². The van der Waals surface area contributed by atoms with Crippen molar-refractivity contribution in [1.82, 2.24) is 14.3 Å². The first-order valence-corrected chi connectivity index (χ1v) is 8.84. The summed E-state index contributed by atoms with van der Waals surface area (Å²) in [6.45, 7) is 6.31. The SMILES string of the molecule is Cc1nc(S(=O)(=O)NCC(C)(C)CCCBr)cn1C. The quantitative estimate of drug-likeness (QED) is 0.766. The van der Waals surface area contributed by atoms with E-state index in [1.807, 2.05) is 0 Å². The van der Waals surface area contributed by atoms with E-state index in [9.17, 15) is 8.42 Å². The Bertz CT molecular complexity index is 504. The standard InChI is InChI=1S/C12H22BrN3O2S/c1-10-15-11(8-16(10)4)19(17,18)14-9-12(2,3)6-5-7-13/h8,14H,5-7,9H2,1-4H3. The van der Waals surface area contributed by atoms with Gasteiger partial charge in [0, 0.05) is 25.1 Å². The van der Waals surface area contributed by atoms with E-state index in [2.05, 4.69) is 39.5 Å². The summed E-state index contributed by atoms with van der Waals surface area (Å²) in [5.41, 5.74) is -0.0648. The van der Waals surface area contributed by atoms with Crippen molar-refractivity contribution in [3.8, 4) is 0 Å². The average molecular weight is 352 g/mol. The van der Waals surface area contributed by atoms with Gasteiger partial charge in [-0.15, -0.1) is 0 Å². The lowest BCUT2D eigenvalue weighted by Gasteiger charge is -2.24. The zero-order valence-corrected chi connectivity index (χ0v) is 14.3. The molecule has 0 saturated carbocycles. The van der Waals surface area contributed by atoms with Crippen LogP contribution >= 0.6 is 15.9 Å². The number of rotatable bonds is 7. The third-order valence-corrected chi connectivity index (χ3v) is 4.92. The van der Waals surface area contributed by atoms with Gasteiger partial charge in [-0.3, -0.25) is 0 Å². The summed E-state index contributed by atoms with van der Waals surface area (Å²) in [4.78, 5) is 4.05. The second kappa shape index (κ2) is 6.37.